The monoisotopic (exact) mass is 534 g/mol. The van der Waals surface area contributed by atoms with Crippen molar-refractivity contribution in [1.29, 1.82) is 0 Å². The molecule has 4 amide bonds. The molecule has 0 radical (unpaired) electrons. The molecule has 0 bridgehead atoms. The summed E-state index contributed by atoms with van der Waals surface area (Å²) in [5.74, 6) is -3.76. The van der Waals surface area contributed by atoms with Crippen LogP contribution in [0.3, 0.4) is 0 Å². The minimum absolute atomic E-state index is 0.0716. The number of benzene rings is 1. The maximum Gasteiger partial charge on any atom is 0.326 e. The summed E-state index contributed by atoms with van der Waals surface area (Å²) in [6, 6.07) is 0.844. The summed E-state index contributed by atoms with van der Waals surface area (Å²) in [6.07, 6.45) is 2.19. The highest BCUT2D eigenvalue weighted by atomic mass is 16.4. The number of likely N-dealkylation sites (tertiary alicyclic amines) is 1. The number of hydrogen-bond acceptors (Lipinski definition) is 7. The first-order chi connectivity index (χ1) is 18.0. The highest BCUT2D eigenvalue weighted by Crippen LogP contribution is 2.22. The Morgan fingerprint density at radius 1 is 1.08 bits per heavy atom. The maximum absolute atomic E-state index is 13.1. The van der Waals surface area contributed by atoms with Crippen LogP contribution >= 0.6 is 0 Å². The van der Waals surface area contributed by atoms with Gasteiger partial charge in [-0.15, -0.1) is 0 Å². The number of aliphatic carboxylic acids is 1. The zero-order valence-electron chi connectivity index (χ0n) is 22.0. The van der Waals surface area contributed by atoms with Crippen LogP contribution in [0.25, 0.3) is 0 Å². The van der Waals surface area contributed by atoms with Crippen molar-refractivity contribution in [2.75, 3.05) is 13.1 Å². The normalized spacial score (nSPS) is 17.2. The topological polar surface area (TPSA) is 185 Å². The number of aromatic hydroxyl groups is 2. The van der Waals surface area contributed by atoms with Gasteiger partial charge in [0.1, 0.15) is 29.6 Å². The Balaban J connectivity index is 1.93. The molecule has 1 saturated heterocycles. The van der Waals surface area contributed by atoms with Crippen LogP contribution in [-0.4, -0.2) is 81.0 Å². The van der Waals surface area contributed by atoms with E-state index in [1.165, 1.54) is 17.0 Å². The number of phenols is 2. The first kappa shape index (κ1) is 30.4. The number of carbonyl (C=O) groups excluding carboxylic acids is 4. The Morgan fingerprint density at radius 2 is 1.79 bits per heavy atom. The van der Waals surface area contributed by atoms with Crippen molar-refractivity contribution in [2.45, 2.75) is 77.4 Å². The van der Waals surface area contributed by atoms with Crippen LogP contribution in [0.5, 0.6) is 11.5 Å². The van der Waals surface area contributed by atoms with E-state index in [9.17, 15) is 39.3 Å². The number of hydrogen-bond donors (Lipinski definition) is 6. The first-order valence-electron chi connectivity index (χ1n) is 12.9. The Bertz CT molecular complexity index is 1030. The third-order valence-electron chi connectivity index (χ3n) is 6.77. The van der Waals surface area contributed by atoms with E-state index in [4.69, 9.17) is 0 Å². The molecule has 0 saturated carbocycles. The molecule has 0 unspecified atom stereocenters. The van der Waals surface area contributed by atoms with Gasteiger partial charge < -0.3 is 36.2 Å². The van der Waals surface area contributed by atoms with E-state index in [1.807, 2.05) is 6.92 Å². The van der Waals surface area contributed by atoms with Crippen molar-refractivity contribution in [2.24, 2.45) is 5.92 Å². The lowest BCUT2D eigenvalue weighted by molar-refractivity contribution is -0.143. The molecule has 1 fully saturated rings. The van der Waals surface area contributed by atoms with Gasteiger partial charge in [-0.3, -0.25) is 19.2 Å². The van der Waals surface area contributed by atoms with E-state index < -0.39 is 41.8 Å². The maximum atomic E-state index is 13.1. The molecule has 210 valence electrons. The van der Waals surface area contributed by atoms with Crippen LogP contribution in [0.15, 0.2) is 18.2 Å². The second-order valence-corrected chi connectivity index (χ2v) is 9.49. The molecule has 1 aliphatic heterocycles. The summed E-state index contributed by atoms with van der Waals surface area (Å²) in [7, 11) is 0. The van der Waals surface area contributed by atoms with Crippen LogP contribution in [0.1, 0.15) is 69.7 Å². The predicted molar refractivity (Wildman–Crippen MR) is 137 cm³/mol. The van der Waals surface area contributed by atoms with Gasteiger partial charge in [0.25, 0.3) is 5.91 Å². The van der Waals surface area contributed by atoms with Crippen LogP contribution in [-0.2, 0) is 19.2 Å². The Labute approximate surface area is 221 Å². The molecule has 12 nitrogen and oxygen atoms in total. The fourth-order valence-corrected chi connectivity index (χ4v) is 4.28. The van der Waals surface area contributed by atoms with E-state index in [-0.39, 0.29) is 48.3 Å². The van der Waals surface area contributed by atoms with Gasteiger partial charge in [0.05, 0.1) is 5.56 Å². The van der Waals surface area contributed by atoms with E-state index in [1.54, 1.807) is 13.8 Å². The lowest BCUT2D eigenvalue weighted by Crippen LogP contribution is -2.57. The predicted octanol–water partition coefficient (Wildman–Crippen LogP) is 1.11. The zero-order valence-corrected chi connectivity index (χ0v) is 22.0. The van der Waals surface area contributed by atoms with Gasteiger partial charge in [-0.1, -0.05) is 27.2 Å². The van der Waals surface area contributed by atoms with Crippen molar-refractivity contribution in [3.63, 3.8) is 0 Å². The number of phenolic OH excluding ortho intramolecular Hbond substituents is 2. The second kappa shape index (κ2) is 14.2. The molecule has 0 spiro atoms. The zero-order chi connectivity index (χ0) is 28.4. The molecule has 0 aromatic heterocycles. The highest BCUT2D eigenvalue weighted by molar-refractivity contribution is 5.97. The van der Waals surface area contributed by atoms with E-state index in [2.05, 4.69) is 16.0 Å². The van der Waals surface area contributed by atoms with Crippen LogP contribution < -0.4 is 16.0 Å². The largest absolute Gasteiger partial charge is 0.508 e. The molecule has 1 aromatic carbocycles. The molecular formula is C26H38N4O8. The third-order valence-corrected chi connectivity index (χ3v) is 6.77. The lowest BCUT2D eigenvalue weighted by Gasteiger charge is -2.29. The van der Waals surface area contributed by atoms with Crippen molar-refractivity contribution >= 4 is 29.6 Å². The molecule has 6 N–H and O–H groups in total. The summed E-state index contributed by atoms with van der Waals surface area (Å²) >= 11 is 0. The SMILES string of the molecule is CC[C@H](NC(=O)[C@@H](NC(=O)[C@@H]1CCCN1C(=O)CCCNC(=O)c1cc(O)ccc1O)[C@@H](C)CC)C(=O)O. The molecule has 38 heavy (non-hydrogen) atoms. The number of rotatable bonds is 13. The van der Waals surface area contributed by atoms with Gasteiger partial charge in [0.2, 0.25) is 17.7 Å². The summed E-state index contributed by atoms with van der Waals surface area (Å²) in [5, 5.41) is 36.3. The molecule has 1 aliphatic rings. The number of amides is 4. The summed E-state index contributed by atoms with van der Waals surface area (Å²) < 4.78 is 0. The number of carbonyl (C=O) groups is 5. The molecule has 0 aliphatic carbocycles. The highest BCUT2D eigenvalue weighted by Gasteiger charge is 2.37. The summed E-state index contributed by atoms with van der Waals surface area (Å²) in [5.41, 5.74) is -0.0823. The average Bonchev–Trinajstić information content (AvgIpc) is 3.39. The van der Waals surface area contributed by atoms with Crippen LogP contribution in [0, 0.1) is 5.92 Å². The van der Waals surface area contributed by atoms with Crippen molar-refractivity contribution in [3.05, 3.63) is 23.8 Å². The lowest BCUT2D eigenvalue weighted by atomic mass is 9.97. The van der Waals surface area contributed by atoms with Crippen LogP contribution in [0.4, 0.5) is 0 Å². The molecule has 12 heteroatoms. The molecule has 1 heterocycles. The van der Waals surface area contributed by atoms with Gasteiger partial charge in [0, 0.05) is 19.5 Å². The Morgan fingerprint density at radius 3 is 2.42 bits per heavy atom. The van der Waals surface area contributed by atoms with Crippen LogP contribution in [0.2, 0.25) is 0 Å². The van der Waals surface area contributed by atoms with Gasteiger partial charge >= 0.3 is 5.97 Å². The van der Waals surface area contributed by atoms with Crippen molar-refractivity contribution in [3.8, 4) is 11.5 Å². The molecule has 1 aromatic rings. The first-order valence-corrected chi connectivity index (χ1v) is 12.9. The standard InChI is InChI=1S/C26H38N4O8/c1-4-15(3)22(25(36)28-18(5-2)26(37)38)29-24(35)19-8-7-13-30(19)21(33)9-6-12-27-23(34)17-14-16(31)10-11-20(17)32/h10-11,14-15,18-19,22,31-32H,4-9,12-13H2,1-3H3,(H,27,34)(H,28,36)(H,29,35)(H,37,38)/t15-,18-,19-,22-/m0/s1. The Kier molecular flexibility index (Phi) is 11.4. The average molecular weight is 535 g/mol. The minimum Gasteiger partial charge on any atom is -0.508 e. The van der Waals surface area contributed by atoms with E-state index in [0.717, 1.165) is 6.07 Å². The molecular weight excluding hydrogens is 496 g/mol. The summed E-state index contributed by atoms with van der Waals surface area (Å²) in [4.78, 5) is 63.8. The molecule has 4 atom stereocenters. The minimum atomic E-state index is -1.16. The van der Waals surface area contributed by atoms with Gasteiger partial charge in [-0.05, 0) is 49.8 Å². The summed E-state index contributed by atoms with van der Waals surface area (Å²) in [6.45, 7) is 5.81. The number of carboxylic acid groups (broad SMARTS) is 1. The molecule has 2 rings (SSSR count). The second-order valence-electron chi connectivity index (χ2n) is 9.49. The van der Waals surface area contributed by atoms with Crippen molar-refractivity contribution in [1.82, 2.24) is 20.9 Å². The van der Waals surface area contributed by atoms with Crippen molar-refractivity contribution < 1.29 is 39.3 Å². The van der Waals surface area contributed by atoms with Gasteiger partial charge in [-0.2, -0.15) is 0 Å². The third kappa shape index (κ3) is 8.09. The van der Waals surface area contributed by atoms with E-state index in [0.29, 0.717) is 32.2 Å². The Hall–Kier alpha value is -3.83. The van der Waals surface area contributed by atoms with E-state index >= 15 is 0 Å². The fourth-order valence-electron chi connectivity index (χ4n) is 4.28. The smallest absolute Gasteiger partial charge is 0.326 e. The number of nitrogens with zero attached hydrogens (tertiary/aromatic N) is 1. The quantitative estimate of drug-likeness (QED) is 0.160. The fraction of sp³-hybridized carbons (Fsp3) is 0.577. The number of carboxylic acids is 1. The number of nitrogens with one attached hydrogen (secondary N) is 3. The van der Waals surface area contributed by atoms with Gasteiger partial charge in [0.15, 0.2) is 0 Å². The van der Waals surface area contributed by atoms with Gasteiger partial charge in [-0.25, -0.2) is 4.79 Å².